The molecule has 2 N–H and O–H groups in total. The van der Waals surface area contributed by atoms with E-state index in [2.05, 4.69) is 5.32 Å². The van der Waals surface area contributed by atoms with E-state index in [-0.39, 0.29) is 6.42 Å². The van der Waals surface area contributed by atoms with Crippen LogP contribution in [0.15, 0.2) is 0 Å². The average molecular weight is 273 g/mol. The molecule has 1 amide bonds. The van der Waals surface area contributed by atoms with Crippen LogP contribution in [0, 0.1) is 5.92 Å². The van der Waals surface area contributed by atoms with E-state index in [1.165, 1.54) is 12.8 Å². The second-order valence-corrected chi connectivity index (χ2v) is 5.84. The fourth-order valence-corrected chi connectivity index (χ4v) is 1.44. The number of carboxylic acid groups (broad SMARTS) is 1. The molecule has 110 valence electrons. The Morgan fingerprint density at radius 2 is 2.00 bits per heavy atom. The molecular weight excluding hydrogens is 250 g/mol. The molecule has 1 fully saturated rings. The van der Waals surface area contributed by atoms with Gasteiger partial charge in [0.05, 0.1) is 0 Å². The molecule has 6 heteroatoms. The first-order chi connectivity index (χ1) is 8.78. The number of carbonyl (C=O) groups is 2. The molecule has 19 heavy (non-hydrogen) atoms. The van der Waals surface area contributed by atoms with Crippen LogP contribution in [-0.4, -0.2) is 42.0 Å². The largest absolute Gasteiger partial charge is 0.480 e. The van der Waals surface area contributed by atoms with Gasteiger partial charge in [0.25, 0.3) is 0 Å². The maximum absolute atomic E-state index is 11.5. The van der Waals surface area contributed by atoms with Crippen LogP contribution < -0.4 is 5.32 Å². The van der Waals surface area contributed by atoms with Gasteiger partial charge in [0, 0.05) is 19.6 Å². The van der Waals surface area contributed by atoms with Crippen molar-refractivity contribution in [1.29, 1.82) is 0 Å². The van der Waals surface area contributed by atoms with Crippen LogP contribution in [-0.2, 0) is 14.3 Å². The lowest BCUT2D eigenvalue weighted by Gasteiger charge is -2.22. The van der Waals surface area contributed by atoms with E-state index >= 15 is 0 Å². The number of alkyl carbamates (subject to hydrolysis) is 1. The molecule has 6 nitrogen and oxygen atoms in total. The third kappa shape index (κ3) is 7.66. The quantitative estimate of drug-likeness (QED) is 0.691. The maximum Gasteiger partial charge on any atom is 0.408 e. The van der Waals surface area contributed by atoms with Crippen LogP contribution in [0.1, 0.15) is 40.0 Å². The predicted molar refractivity (Wildman–Crippen MR) is 69.0 cm³/mol. The topological polar surface area (TPSA) is 84.9 Å². The summed E-state index contributed by atoms with van der Waals surface area (Å²) in [5.74, 6) is -0.442. The van der Waals surface area contributed by atoms with Gasteiger partial charge >= 0.3 is 12.1 Å². The Balaban J connectivity index is 2.26. The summed E-state index contributed by atoms with van der Waals surface area (Å²) in [5, 5.41) is 11.4. The van der Waals surface area contributed by atoms with Crippen molar-refractivity contribution in [2.45, 2.75) is 51.7 Å². The second kappa shape index (κ2) is 6.75. The molecule has 1 atom stereocenters. The summed E-state index contributed by atoms with van der Waals surface area (Å²) in [6.45, 7) is 6.17. The Hall–Kier alpha value is -1.30. The summed E-state index contributed by atoms with van der Waals surface area (Å²) in [6.07, 6.45) is 1.90. The van der Waals surface area contributed by atoms with Crippen molar-refractivity contribution in [2.75, 3.05) is 13.2 Å². The number of nitrogens with one attached hydrogen (secondary N) is 1. The lowest BCUT2D eigenvalue weighted by Crippen LogP contribution is -2.44. The normalized spacial score (nSPS) is 16.8. The first kappa shape index (κ1) is 15.8. The molecule has 0 aliphatic heterocycles. The number of rotatable bonds is 7. The third-order valence-corrected chi connectivity index (χ3v) is 2.59. The lowest BCUT2D eigenvalue weighted by molar-refractivity contribution is -0.140. The van der Waals surface area contributed by atoms with E-state index < -0.39 is 23.7 Å². The van der Waals surface area contributed by atoms with Gasteiger partial charge in [-0.2, -0.15) is 0 Å². The highest BCUT2D eigenvalue weighted by atomic mass is 16.6. The van der Waals surface area contributed by atoms with Gasteiger partial charge in [0.2, 0.25) is 0 Å². The molecule has 1 rings (SSSR count). The van der Waals surface area contributed by atoms with Crippen LogP contribution in [0.3, 0.4) is 0 Å². The van der Waals surface area contributed by atoms with Crippen molar-refractivity contribution < 1.29 is 24.2 Å². The summed E-state index contributed by atoms with van der Waals surface area (Å²) in [5.41, 5.74) is -0.643. The Morgan fingerprint density at radius 3 is 2.47 bits per heavy atom. The number of amides is 1. The highest BCUT2D eigenvalue weighted by molar-refractivity contribution is 5.79. The number of hydrogen-bond donors (Lipinski definition) is 2. The average Bonchev–Trinajstić information content (AvgIpc) is 3.03. The smallest absolute Gasteiger partial charge is 0.408 e. The summed E-state index contributed by atoms with van der Waals surface area (Å²) in [4.78, 5) is 22.5. The lowest BCUT2D eigenvalue weighted by atomic mass is 10.2. The molecule has 0 heterocycles. The first-order valence-electron chi connectivity index (χ1n) is 6.58. The molecule has 0 saturated heterocycles. The van der Waals surface area contributed by atoms with Crippen LogP contribution in [0.2, 0.25) is 0 Å². The molecule has 1 aliphatic carbocycles. The Kier molecular flexibility index (Phi) is 5.60. The molecule has 1 unspecified atom stereocenters. The Labute approximate surface area is 113 Å². The molecular formula is C13H23NO5. The van der Waals surface area contributed by atoms with Crippen molar-refractivity contribution >= 4 is 12.1 Å². The highest BCUT2D eigenvalue weighted by Crippen LogP contribution is 2.28. The van der Waals surface area contributed by atoms with Crippen molar-refractivity contribution in [3.05, 3.63) is 0 Å². The number of ether oxygens (including phenoxy) is 2. The standard InChI is InChI=1S/C13H23NO5/c1-13(2,3)19-12(17)14-10(11(15)16)6-7-18-8-9-4-5-9/h9-10H,4-8H2,1-3H3,(H,14,17)(H,15,16). The van der Waals surface area contributed by atoms with E-state index in [1.54, 1.807) is 20.8 Å². The number of carboxylic acids is 1. The fraction of sp³-hybridized carbons (Fsp3) is 0.846. The summed E-state index contributed by atoms with van der Waals surface area (Å²) < 4.78 is 10.4. The van der Waals surface area contributed by atoms with Gasteiger partial charge in [0.1, 0.15) is 11.6 Å². The van der Waals surface area contributed by atoms with Gasteiger partial charge in [0.15, 0.2) is 0 Å². The molecule has 1 aliphatic rings. The van der Waals surface area contributed by atoms with Gasteiger partial charge < -0.3 is 19.9 Å². The summed E-state index contributed by atoms with van der Waals surface area (Å²) in [7, 11) is 0. The fourth-order valence-electron chi connectivity index (χ4n) is 1.44. The van der Waals surface area contributed by atoms with E-state index in [4.69, 9.17) is 14.6 Å². The van der Waals surface area contributed by atoms with E-state index in [1.807, 2.05) is 0 Å². The van der Waals surface area contributed by atoms with Crippen LogP contribution in [0.5, 0.6) is 0 Å². The van der Waals surface area contributed by atoms with Gasteiger partial charge in [-0.3, -0.25) is 0 Å². The molecule has 0 bridgehead atoms. The minimum Gasteiger partial charge on any atom is -0.480 e. The highest BCUT2D eigenvalue weighted by Gasteiger charge is 2.25. The minimum absolute atomic E-state index is 0.237. The van der Waals surface area contributed by atoms with Crippen LogP contribution in [0.25, 0.3) is 0 Å². The van der Waals surface area contributed by atoms with Crippen molar-refractivity contribution in [3.8, 4) is 0 Å². The Bertz CT molecular complexity index is 319. The molecule has 1 saturated carbocycles. The molecule has 0 aromatic rings. The zero-order valence-corrected chi connectivity index (χ0v) is 11.8. The first-order valence-corrected chi connectivity index (χ1v) is 6.58. The molecule has 0 aromatic carbocycles. The number of hydrogen-bond acceptors (Lipinski definition) is 4. The molecule has 0 spiro atoms. The summed E-state index contributed by atoms with van der Waals surface area (Å²) in [6, 6.07) is -0.978. The third-order valence-electron chi connectivity index (χ3n) is 2.59. The van der Waals surface area contributed by atoms with Crippen molar-refractivity contribution in [3.63, 3.8) is 0 Å². The van der Waals surface area contributed by atoms with E-state index in [9.17, 15) is 9.59 Å². The summed E-state index contributed by atoms with van der Waals surface area (Å²) >= 11 is 0. The number of aliphatic carboxylic acids is 1. The SMILES string of the molecule is CC(C)(C)OC(=O)NC(CCOCC1CC1)C(=O)O. The van der Waals surface area contributed by atoms with Crippen molar-refractivity contribution in [1.82, 2.24) is 5.32 Å². The minimum atomic E-state index is -1.08. The van der Waals surface area contributed by atoms with E-state index in [0.29, 0.717) is 19.1 Å². The molecule has 0 aromatic heterocycles. The van der Waals surface area contributed by atoms with Gasteiger partial charge in [-0.1, -0.05) is 0 Å². The van der Waals surface area contributed by atoms with Gasteiger partial charge in [-0.15, -0.1) is 0 Å². The van der Waals surface area contributed by atoms with Crippen LogP contribution >= 0.6 is 0 Å². The zero-order chi connectivity index (χ0) is 14.5. The predicted octanol–water partition coefficient (Wildman–Crippen LogP) is 1.78. The number of carbonyl (C=O) groups excluding carboxylic acids is 1. The Morgan fingerprint density at radius 1 is 1.37 bits per heavy atom. The second-order valence-electron chi connectivity index (χ2n) is 5.84. The molecule has 0 radical (unpaired) electrons. The van der Waals surface area contributed by atoms with Crippen LogP contribution in [0.4, 0.5) is 4.79 Å². The van der Waals surface area contributed by atoms with Crippen molar-refractivity contribution in [2.24, 2.45) is 5.92 Å². The van der Waals surface area contributed by atoms with Gasteiger partial charge in [-0.25, -0.2) is 9.59 Å². The van der Waals surface area contributed by atoms with Gasteiger partial charge in [-0.05, 0) is 39.5 Å². The zero-order valence-electron chi connectivity index (χ0n) is 11.8. The maximum atomic E-state index is 11.5. The monoisotopic (exact) mass is 273 g/mol. The van der Waals surface area contributed by atoms with E-state index in [0.717, 1.165) is 0 Å².